The Bertz CT molecular complexity index is 572. The van der Waals surface area contributed by atoms with Gasteiger partial charge in [0.15, 0.2) is 0 Å². The normalized spacial score (nSPS) is 10.6. The molecule has 0 aliphatic carbocycles. The number of benzene rings is 1. The highest BCUT2D eigenvalue weighted by atomic mass is 32.1. The predicted molar refractivity (Wildman–Crippen MR) is 78.2 cm³/mol. The molecule has 0 saturated carbocycles. The molecular weight excluding hydrogens is 242 g/mol. The molecule has 2 rings (SSSR count). The van der Waals surface area contributed by atoms with Gasteiger partial charge in [-0.05, 0) is 31.0 Å². The second kappa shape index (κ2) is 5.31. The first-order valence-corrected chi connectivity index (χ1v) is 6.55. The highest BCUT2D eigenvalue weighted by Crippen LogP contribution is 2.18. The monoisotopic (exact) mass is 259 g/mol. The number of hydrogen-bond acceptors (Lipinski definition) is 2. The molecular formula is C14H17N3S. The first kappa shape index (κ1) is 12.8. The molecule has 3 nitrogen and oxygen atoms in total. The topological polar surface area (TPSA) is 43.8 Å². The number of aryl methyl sites for hydroxylation is 2. The van der Waals surface area contributed by atoms with E-state index in [9.17, 15) is 0 Å². The third kappa shape index (κ3) is 2.29. The summed E-state index contributed by atoms with van der Waals surface area (Å²) < 4.78 is 1.95. The van der Waals surface area contributed by atoms with Crippen molar-refractivity contribution in [2.75, 3.05) is 0 Å². The van der Waals surface area contributed by atoms with E-state index in [1.807, 2.05) is 28.9 Å². The van der Waals surface area contributed by atoms with Crippen LogP contribution in [0.25, 0.3) is 5.69 Å². The smallest absolute Gasteiger partial charge is 0.106 e. The zero-order valence-electron chi connectivity index (χ0n) is 10.7. The Labute approximate surface area is 113 Å². The number of para-hydroxylation sites is 1. The molecule has 0 spiro atoms. The summed E-state index contributed by atoms with van der Waals surface area (Å²) >= 11 is 5.10. The fourth-order valence-electron chi connectivity index (χ4n) is 1.97. The highest BCUT2D eigenvalue weighted by Gasteiger charge is 2.11. The molecule has 0 unspecified atom stereocenters. The maximum absolute atomic E-state index is 5.77. The molecule has 2 aromatic rings. The number of nitrogens with two attached hydrogens (primary N) is 1. The van der Waals surface area contributed by atoms with Crippen molar-refractivity contribution >= 4 is 17.2 Å². The third-order valence-corrected chi connectivity index (χ3v) is 3.18. The van der Waals surface area contributed by atoms with Crippen LogP contribution in [-0.2, 0) is 12.8 Å². The van der Waals surface area contributed by atoms with Crippen LogP contribution in [0.2, 0.25) is 0 Å². The van der Waals surface area contributed by atoms with Gasteiger partial charge in [0.2, 0.25) is 0 Å². The van der Waals surface area contributed by atoms with Gasteiger partial charge in [-0.15, -0.1) is 0 Å². The summed E-state index contributed by atoms with van der Waals surface area (Å²) in [7, 11) is 0. The van der Waals surface area contributed by atoms with Crippen LogP contribution in [0, 0.1) is 0 Å². The van der Waals surface area contributed by atoms with Crippen LogP contribution in [0.15, 0.2) is 30.3 Å². The van der Waals surface area contributed by atoms with Gasteiger partial charge in [0.1, 0.15) is 4.99 Å². The Balaban J connectivity index is 2.61. The highest BCUT2D eigenvalue weighted by molar-refractivity contribution is 7.80. The van der Waals surface area contributed by atoms with E-state index in [0.29, 0.717) is 4.99 Å². The van der Waals surface area contributed by atoms with Gasteiger partial charge >= 0.3 is 0 Å². The van der Waals surface area contributed by atoms with Gasteiger partial charge in [0.05, 0.1) is 11.4 Å². The summed E-state index contributed by atoms with van der Waals surface area (Å²) in [6, 6.07) is 9.98. The number of hydrogen-bond donors (Lipinski definition) is 1. The van der Waals surface area contributed by atoms with E-state index in [4.69, 9.17) is 18.0 Å². The van der Waals surface area contributed by atoms with E-state index in [1.165, 1.54) is 5.69 Å². The number of rotatable bonds is 4. The van der Waals surface area contributed by atoms with Crippen molar-refractivity contribution in [2.45, 2.75) is 26.7 Å². The van der Waals surface area contributed by atoms with Crippen molar-refractivity contribution < 1.29 is 0 Å². The fraction of sp³-hybridized carbons (Fsp3) is 0.286. The van der Waals surface area contributed by atoms with E-state index in [2.05, 4.69) is 25.0 Å². The average Bonchev–Trinajstić information content (AvgIpc) is 2.81. The summed E-state index contributed by atoms with van der Waals surface area (Å²) in [6.07, 6.45) is 1.86. The minimum Gasteiger partial charge on any atom is -0.389 e. The Kier molecular flexibility index (Phi) is 3.77. The molecule has 0 amide bonds. The molecule has 0 radical (unpaired) electrons. The van der Waals surface area contributed by atoms with Gasteiger partial charge < -0.3 is 5.73 Å². The molecule has 1 heterocycles. The van der Waals surface area contributed by atoms with Gasteiger partial charge in [0, 0.05) is 11.3 Å². The lowest BCUT2D eigenvalue weighted by atomic mass is 10.1. The van der Waals surface area contributed by atoms with Crippen molar-refractivity contribution in [1.82, 2.24) is 9.78 Å². The van der Waals surface area contributed by atoms with Crippen LogP contribution in [0.3, 0.4) is 0 Å². The zero-order valence-corrected chi connectivity index (χ0v) is 11.5. The molecule has 0 bridgehead atoms. The van der Waals surface area contributed by atoms with Crippen molar-refractivity contribution in [3.05, 3.63) is 47.3 Å². The number of aromatic nitrogens is 2. The molecule has 0 atom stereocenters. The van der Waals surface area contributed by atoms with Crippen LogP contribution in [-0.4, -0.2) is 14.8 Å². The summed E-state index contributed by atoms with van der Waals surface area (Å²) in [4.78, 5) is 0.404. The molecule has 2 N–H and O–H groups in total. The molecule has 18 heavy (non-hydrogen) atoms. The quantitative estimate of drug-likeness (QED) is 0.858. The maximum atomic E-state index is 5.77. The molecule has 94 valence electrons. The van der Waals surface area contributed by atoms with Gasteiger partial charge in [0.25, 0.3) is 0 Å². The second-order valence-electron chi connectivity index (χ2n) is 4.13. The van der Waals surface area contributed by atoms with E-state index in [0.717, 1.165) is 29.8 Å². The van der Waals surface area contributed by atoms with Crippen molar-refractivity contribution in [2.24, 2.45) is 5.73 Å². The van der Waals surface area contributed by atoms with E-state index >= 15 is 0 Å². The molecule has 0 fully saturated rings. The second-order valence-corrected chi connectivity index (χ2v) is 4.57. The predicted octanol–water partition coefficient (Wildman–Crippen LogP) is 2.63. The summed E-state index contributed by atoms with van der Waals surface area (Å²) in [5.74, 6) is 0. The van der Waals surface area contributed by atoms with Crippen molar-refractivity contribution in [3.8, 4) is 5.69 Å². The van der Waals surface area contributed by atoms with Crippen LogP contribution >= 0.6 is 12.2 Å². The van der Waals surface area contributed by atoms with Crippen LogP contribution in [0.5, 0.6) is 0 Å². The lowest BCUT2D eigenvalue weighted by Crippen LogP contribution is -2.14. The van der Waals surface area contributed by atoms with Crippen LogP contribution in [0.1, 0.15) is 30.8 Å². The molecule has 0 saturated heterocycles. The van der Waals surface area contributed by atoms with Gasteiger partial charge in [-0.2, -0.15) is 5.10 Å². The maximum Gasteiger partial charge on any atom is 0.106 e. The minimum atomic E-state index is 0.404. The van der Waals surface area contributed by atoms with Crippen molar-refractivity contribution in [3.63, 3.8) is 0 Å². The molecule has 0 aliphatic rings. The first-order valence-electron chi connectivity index (χ1n) is 6.14. The first-order chi connectivity index (χ1) is 8.67. The fourth-order valence-corrected chi connectivity index (χ4v) is 2.15. The van der Waals surface area contributed by atoms with E-state index < -0.39 is 0 Å². The molecule has 1 aromatic heterocycles. The Morgan fingerprint density at radius 1 is 1.28 bits per heavy atom. The SMILES string of the molecule is CCc1cc(CC)n(-c2ccccc2C(N)=S)n1. The summed E-state index contributed by atoms with van der Waals surface area (Å²) in [5.41, 5.74) is 9.87. The lowest BCUT2D eigenvalue weighted by molar-refractivity contribution is 0.793. The van der Waals surface area contributed by atoms with E-state index in [-0.39, 0.29) is 0 Å². The summed E-state index contributed by atoms with van der Waals surface area (Å²) in [6.45, 7) is 4.22. The molecule has 0 aliphatic heterocycles. The largest absolute Gasteiger partial charge is 0.389 e. The van der Waals surface area contributed by atoms with Gasteiger partial charge in [-0.25, -0.2) is 4.68 Å². The Hall–Kier alpha value is -1.68. The Morgan fingerprint density at radius 2 is 2.00 bits per heavy atom. The minimum absolute atomic E-state index is 0.404. The molecule has 4 heteroatoms. The van der Waals surface area contributed by atoms with Crippen LogP contribution in [0.4, 0.5) is 0 Å². The third-order valence-electron chi connectivity index (χ3n) is 2.96. The standard InChI is InChI=1S/C14H17N3S/c1-3-10-9-11(4-2)17(16-10)13-8-6-5-7-12(13)14(15)18/h5-9H,3-4H2,1-2H3,(H2,15,18). The summed E-state index contributed by atoms with van der Waals surface area (Å²) in [5, 5.41) is 4.61. The van der Waals surface area contributed by atoms with Crippen molar-refractivity contribution in [1.29, 1.82) is 0 Å². The van der Waals surface area contributed by atoms with Crippen LogP contribution < -0.4 is 5.73 Å². The average molecular weight is 259 g/mol. The number of nitrogens with zero attached hydrogens (tertiary/aromatic N) is 2. The Morgan fingerprint density at radius 3 is 2.61 bits per heavy atom. The molecule has 1 aromatic carbocycles. The van der Waals surface area contributed by atoms with E-state index in [1.54, 1.807) is 0 Å². The number of thiocarbonyl (C=S) groups is 1. The zero-order chi connectivity index (χ0) is 13.1. The lowest BCUT2D eigenvalue weighted by Gasteiger charge is -2.10. The van der Waals surface area contributed by atoms with Gasteiger partial charge in [-0.1, -0.05) is 38.2 Å². The van der Waals surface area contributed by atoms with Gasteiger partial charge in [-0.3, -0.25) is 0 Å².